The number of fused-ring (bicyclic) bond motifs is 1. The molecule has 0 saturated heterocycles. The van der Waals surface area contributed by atoms with Crippen molar-refractivity contribution >= 4 is 17.7 Å². The molecule has 0 fully saturated rings. The highest BCUT2D eigenvalue weighted by Gasteiger charge is 2.35. The highest BCUT2D eigenvalue weighted by Crippen LogP contribution is 2.27. The molecule has 186 valence electrons. The Bertz CT molecular complexity index is 1620. The molecule has 4 aromatic rings. The van der Waals surface area contributed by atoms with E-state index in [1.807, 2.05) is 0 Å². The molecular formula is C25H27FN8O2. The van der Waals surface area contributed by atoms with E-state index in [1.165, 1.54) is 37.7 Å². The quantitative estimate of drug-likeness (QED) is 0.420. The summed E-state index contributed by atoms with van der Waals surface area (Å²) in [5, 5.41) is 6.69. The summed E-state index contributed by atoms with van der Waals surface area (Å²) in [6, 6.07) is 4.78. The number of imidazole rings is 1. The van der Waals surface area contributed by atoms with Crippen LogP contribution in [0.5, 0.6) is 0 Å². The summed E-state index contributed by atoms with van der Waals surface area (Å²) in [7, 11) is 1.45. The monoisotopic (exact) mass is 495 g/mol. The molecule has 36 heavy (non-hydrogen) atoms. The van der Waals surface area contributed by atoms with Crippen LogP contribution < -0.4 is 5.32 Å². The second kappa shape index (κ2) is 9.50. The van der Waals surface area contributed by atoms with Gasteiger partial charge < -0.3 is 19.5 Å². The molecule has 1 N–H and O–H groups in total. The molecule has 10 nitrogen and oxygen atoms in total. The first kappa shape index (κ1) is 18.2. The molecule has 4 heterocycles. The molecule has 0 aliphatic carbocycles. The van der Waals surface area contributed by atoms with Crippen LogP contribution in [-0.4, -0.2) is 59.9 Å². The smallest absolute Gasteiger partial charge is 0.290 e. The summed E-state index contributed by atoms with van der Waals surface area (Å²) in [5.41, 5.74) is 1.71. The summed E-state index contributed by atoms with van der Waals surface area (Å²) < 4.78 is 62.7. The van der Waals surface area contributed by atoms with Crippen LogP contribution in [-0.2, 0) is 24.8 Å². The van der Waals surface area contributed by atoms with Crippen LogP contribution in [0.4, 0.5) is 16.2 Å². The minimum absolute atomic E-state index is 0.00561. The number of aromatic nitrogens is 6. The highest BCUT2D eigenvalue weighted by atomic mass is 19.1. The fraction of sp³-hybridized carbons (Fsp3) is 0.320. The zero-order valence-electron chi connectivity index (χ0n) is 24.9. The van der Waals surface area contributed by atoms with Crippen LogP contribution in [0.1, 0.15) is 34.2 Å². The summed E-state index contributed by atoms with van der Waals surface area (Å²) in [6.45, 7) is -1.34. The number of aryl methyl sites for hydroxylation is 3. The zero-order chi connectivity index (χ0) is 29.7. The first-order valence-corrected chi connectivity index (χ1v) is 11.1. The number of rotatable bonds is 7. The number of amides is 1. The SMILES string of the molecule is [2H]C([2H])(c1ccc(C)c(F)c1)N1C(=O)c2nc(-c3nc(Nc4ccnn4C([2H])([2H])[2H])ncc3C)cn2CC1COC. The minimum atomic E-state index is -2.51. The number of nitrogens with zero attached hydrogens (tertiary/aromatic N) is 7. The topological polar surface area (TPSA) is 103 Å². The molecule has 1 amide bonds. The Hall–Kier alpha value is -4.12. The number of halogens is 1. The van der Waals surface area contributed by atoms with Gasteiger partial charge in [0.25, 0.3) is 5.91 Å². The molecule has 0 bridgehead atoms. The molecule has 1 unspecified atom stereocenters. The van der Waals surface area contributed by atoms with E-state index >= 15 is 0 Å². The standard InChI is InChI=1S/C25H27FN8O2/c1-15-5-6-17(9-19(15)26)11-34-18(14-36-4)12-33-13-20(29-23(33)24(34)35)22-16(2)10-27-25(31-22)30-21-7-8-28-32(21)3/h5-10,13,18H,11-12,14H2,1-4H3,(H,27,30,31)/i3D3,11D2. The number of carbonyl (C=O) groups is 1. The molecule has 1 aliphatic heterocycles. The summed E-state index contributed by atoms with van der Waals surface area (Å²) in [6.07, 6.45) is 4.51. The first-order chi connectivity index (χ1) is 19.3. The third-order valence-corrected chi connectivity index (χ3v) is 5.84. The van der Waals surface area contributed by atoms with Crippen molar-refractivity contribution in [2.75, 3.05) is 19.0 Å². The van der Waals surface area contributed by atoms with Gasteiger partial charge in [-0.05, 0) is 36.6 Å². The minimum Gasteiger partial charge on any atom is -0.382 e. The summed E-state index contributed by atoms with van der Waals surface area (Å²) in [5.74, 6) is -1.04. The van der Waals surface area contributed by atoms with Gasteiger partial charge in [-0.1, -0.05) is 12.1 Å². The maximum atomic E-state index is 14.4. The van der Waals surface area contributed by atoms with Crippen molar-refractivity contribution in [1.82, 2.24) is 34.2 Å². The molecule has 3 aromatic heterocycles. The van der Waals surface area contributed by atoms with Crippen molar-refractivity contribution in [2.24, 2.45) is 6.98 Å². The average Bonchev–Trinajstić information content (AvgIpc) is 3.54. The zero-order valence-corrected chi connectivity index (χ0v) is 19.9. The molecule has 5 rings (SSSR count). The maximum Gasteiger partial charge on any atom is 0.290 e. The number of nitrogens with one attached hydrogen (secondary N) is 1. The van der Waals surface area contributed by atoms with Crippen LogP contribution in [0.15, 0.2) is 42.9 Å². The third-order valence-electron chi connectivity index (χ3n) is 5.84. The highest BCUT2D eigenvalue weighted by molar-refractivity contribution is 5.92. The van der Waals surface area contributed by atoms with Crippen molar-refractivity contribution in [1.29, 1.82) is 0 Å². The maximum absolute atomic E-state index is 14.4. The Labute approximate surface area is 214 Å². The fourth-order valence-electron chi connectivity index (χ4n) is 3.96. The lowest BCUT2D eigenvalue weighted by Gasteiger charge is -2.35. The molecule has 1 aliphatic rings. The van der Waals surface area contributed by atoms with Crippen molar-refractivity contribution in [3.63, 3.8) is 0 Å². The van der Waals surface area contributed by atoms with Crippen LogP contribution in [0.3, 0.4) is 0 Å². The van der Waals surface area contributed by atoms with E-state index in [1.54, 1.807) is 24.6 Å². The lowest BCUT2D eigenvalue weighted by Crippen LogP contribution is -2.49. The summed E-state index contributed by atoms with van der Waals surface area (Å²) >= 11 is 0. The third kappa shape index (κ3) is 4.44. The van der Waals surface area contributed by atoms with Crippen LogP contribution in [0, 0.1) is 19.7 Å². The Morgan fingerprint density at radius 3 is 2.92 bits per heavy atom. The molecule has 1 atom stereocenters. The van der Waals surface area contributed by atoms with E-state index in [9.17, 15) is 9.18 Å². The average molecular weight is 496 g/mol. The fourth-order valence-corrected chi connectivity index (χ4v) is 3.96. The van der Waals surface area contributed by atoms with E-state index < -0.39 is 31.2 Å². The van der Waals surface area contributed by atoms with Crippen molar-refractivity contribution in [3.05, 3.63) is 71.2 Å². The number of hydrogen-bond donors (Lipinski definition) is 1. The van der Waals surface area contributed by atoms with Crippen molar-refractivity contribution in [3.8, 4) is 11.4 Å². The van der Waals surface area contributed by atoms with Gasteiger partial charge in [-0.3, -0.25) is 9.48 Å². The van der Waals surface area contributed by atoms with Gasteiger partial charge in [0, 0.05) is 49.7 Å². The van der Waals surface area contributed by atoms with Crippen LogP contribution in [0.2, 0.25) is 0 Å². The van der Waals surface area contributed by atoms with Gasteiger partial charge in [0.1, 0.15) is 17.3 Å². The number of ether oxygens (including phenoxy) is 1. The number of benzene rings is 1. The van der Waals surface area contributed by atoms with Gasteiger partial charge in [-0.25, -0.2) is 19.3 Å². The number of carbonyl (C=O) groups excluding carboxylic acids is 1. The van der Waals surface area contributed by atoms with Crippen molar-refractivity contribution in [2.45, 2.75) is 32.9 Å². The second-order valence-corrected chi connectivity index (χ2v) is 8.44. The van der Waals surface area contributed by atoms with Gasteiger partial charge in [-0.2, -0.15) is 5.10 Å². The Balaban J connectivity index is 1.51. The molecule has 0 spiro atoms. The Kier molecular flexibility index (Phi) is 4.80. The van der Waals surface area contributed by atoms with Crippen molar-refractivity contribution < 1.29 is 20.8 Å². The van der Waals surface area contributed by atoms with Gasteiger partial charge in [-0.15, -0.1) is 0 Å². The van der Waals surface area contributed by atoms with Gasteiger partial charge >= 0.3 is 0 Å². The number of hydrogen-bond acceptors (Lipinski definition) is 7. The van der Waals surface area contributed by atoms with Crippen LogP contribution in [0.25, 0.3) is 11.4 Å². The second-order valence-electron chi connectivity index (χ2n) is 8.44. The predicted molar refractivity (Wildman–Crippen MR) is 131 cm³/mol. The first-order valence-electron chi connectivity index (χ1n) is 13.6. The van der Waals surface area contributed by atoms with E-state index in [0.29, 0.717) is 22.5 Å². The number of anilines is 2. The van der Waals surface area contributed by atoms with Crippen LogP contribution >= 0.6 is 0 Å². The number of methoxy groups -OCH3 is 1. The van der Waals surface area contributed by atoms with E-state index in [-0.39, 0.29) is 36.3 Å². The van der Waals surface area contributed by atoms with E-state index in [4.69, 9.17) is 11.6 Å². The van der Waals surface area contributed by atoms with E-state index in [2.05, 4.69) is 25.4 Å². The molecule has 1 aromatic carbocycles. The normalized spacial score (nSPS) is 18.1. The molecule has 0 radical (unpaired) electrons. The Morgan fingerprint density at radius 1 is 1.28 bits per heavy atom. The summed E-state index contributed by atoms with van der Waals surface area (Å²) in [4.78, 5) is 28.1. The Morgan fingerprint density at radius 2 is 2.14 bits per heavy atom. The molecular weight excluding hydrogens is 463 g/mol. The van der Waals surface area contributed by atoms with Gasteiger partial charge in [0.05, 0.1) is 27.3 Å². The molecule has 11 heteroatoms. The lowest BCUT2D eigenvalue weighted by molar-refractivity contribution is 0.0380. The lowest BCUT2D eigenvalue weighted by atomic mass is 10.1. The van der Waals surface area contributed by atoms with E-state index in [0.717, 1.165) is 15.6 Å². The largest absolute Gasteiger partial charge is 0.382 e. The predicted octanol–water partition coefficient (Wildman–Crippen LogP) is 3.24. The van der Waals surface area contributed by atoms with Gasteiger partial charge in [0.15, 0.2) is 5.82 Å². The molecule has 0 saturated carbocycles. The van der Waals surface area contributed by atoms with Gasteiger partial charge in [0.2, 0.25) is 5.95 Å².